The van der Waals surface area contributed by atoms with E-state index in [2.05, 4.69) is 15.4 Å². The molecule has 0 bridgehead atoms. The summed E-state index contributed by atoms with van der Waals surface area (Å²) < 4.78 is 0. The Bertz CT molecular complexity index is 562. The van der Waals surface area contributed by atoms with Crippen LogP contribution < -0.4 is 5.32 Å². The van der Waals surface area contributed by atoms with Gasteiger partial charge in [-0.1, -0.05) is 17.8 Å². The monoisotopic (exact) mass is 311 g/mol. The van der Waals surface area contributed by atoms with Crippen LogP contribution in [-0.2, 0) is 11.3 Å². The first kappa shape index (κ1) is 15.0. The van der Waals surface area contributed by atoms with E-state index in [0.29, 0.717) is 24.7 Å². The first-order valence-electron chi connectivity index (χ1n) is 6.06. The number of hydrazone groups is 1. The number of aromatic nitrogens is 1. The first-order valence-corrected chi connectivity index (χ1v) is 7.04. The summed E-state index contributed by atoms with van der Waals surface area (Å²) in [6.45, 7) is 1.69. The van der Waals surface area contributed by atoms with Crippen molar-refractivity contribution >= 4 is 23.7 Å². The third-order valence-electron chi connectivity index (χ3n) is 2.66. The lowest BCUT2D eigenvalue weighted by Gasteiger charge is -2.15. The van der Waals surface area contributed by atoms with Crippen LogP contribution in [0.2, 0.25) is 0 Å². The molecule has 0 saturated carbocycles. The molecule has 0 unspecified atom stereocenters. The van der Waals surface area contributed by atoms with Crippen LogP contribution >= 0.6 is 11.8 Å². The van der Waals surface area contributed by atoms with E-state index in [1.807, 2.05) is 6.07 Å². The molecule has 0 aromatic carbocycles. The number of pyridine rings is 1. The van der Waals surface area contributed by atoms with Crippen LogP contribution in [0.4, 0.5) is 0 Å². The van der Waals surface area contributed by atoms with Crippen LogP contribution in [0.25, 0.3) is 0 Å². The fourth-order valence-electron chi connectivity index (χ4n) is 1.80. The van der Waals surface area contributed by atoms with E-state index in [-0.39, 0.29) is 11.7 Å². The van der Waals surface area contributed by atoms with Gasteiger partial charge in [-0.25, -0.2) is 15.1 Å². The summed E-state index contributed by atoms with van der Waals surface area (Å²) in [7, 11) is 0. The predicted molar refractivity (Wildman–Crippen MR) is 75.4 cm³/mol. The summed E-state index contributed by atoms with van der Waals surface area (Å²) in [6, 6.07) is 3.55. The molecule has 1 aromatic heterocycles. The van der Waals surface area contributed by atoms with Gasteiger partial charge >= 0.3 is 5.97 Å². The minimum atomic E-state index is -0.894. The fraction of sp³-hybridized carbons (Fsp3) is 0.364. The molecule has 0 spiro atoms. The van der Waals surface area contributed by atoms with E-state index in [1.54, 1.807) is 17.2 Å². The molecule has 1 saturated heterocycles. The lowest BCUT2D eigenvalue weighted by molar-refractivity contribution is -0.485. The second kappa shape index (κ2) is 6.88. The average Bonchev–Trinajstić information content (AvgIpc) is 2.84. The maximum atomic E-state index is 10.5. The minimum absolute atomic E-state index is 0.0397. The number of rotatable bonds is 6. The minimum Gasteiger partial charge on any atom is -0.481 e. The summed E-state index contributed by atoms with van der Waals surface area (Å²) in [5.74, 6) is -0.693. The Morgan fingerprint density at radius 2 is 2.43 bits per heavy atom. The van der Waals surface area contributed by atoms with Gasteiger partial charge in [0.2, 0.25) is 0 Å². The van der Waals surface area contributed by atoms with Crippen LogP contribution in [0.3, 0.4) is 0 Å². The number of guanidine groups is 1. The average molecular weight is 311 g/mol. The van der Waals surface area contributed by atoms with Crippen LogP contribution in [0, 0.1) is 10.1 Å². The molecule has 1 aromatic rings. The van der Waals surface area contributed by atoms with Crippen molar-refractivity contribution in [3.8, 4) is 0 Å². The number of nitrogens with zero attached hydrogens (tertiary/aromatic N) is 4. The number of thioether (sulfide) groups is 1. The van der Waals surface area contributed by atoms with Gasteiger partial charge < -0.3 is 15.3 Å². The van der Waals surface area contributed by atoms with E-state index in [1.165, 1.54) is 0 Å². The quantitative estimate of drug-likeness (QED) is 0.434. The molecule has 2 N–H and O–H groups in total. The van der Waals surface area contributed by atoms with Gasteiger partial charge in [-0.3, -0.25) is 4.79 Å². The number of hydrogen-bond acceptors (Lipinski definition) is 5. The third-order valence-corrected chi connectivity index (χ3v) is 3.58. The van der Waals surface area contributed by atoms with Crippen molar-refractivity contribution in [3.63, 3.8) is 0 Å². The van der Waals surface area contributed by atoms with Gasteiger partial charge in [0, 0.05) is 25.8 Å². The standard InChI is InChI=1S/C11H13N5O4S/c17-10(18)7-21-9-2-1-8(5-13-9)6-15-4-3-12-11(15)14-16(19)20/h1-2,5H,3-4,6-7H2,(H,12,14)(H,17,18). The van der Waals surface area contributed by atoms with E-state index in [9.17, 15) is 14.9 Å². The van der Waals surface area contributed by atoms with Gasteiger partial charge in [-0.2, -0.15) is 0 Å². The number of nitro groups is 1. The Labute approximate surface area is 124 Å². The van der Waals surface area contributed by atoms with E-state index in [4.69, 9.17) is 5.11 Å². The molecule has 1 fully saturated rings. The molecule has 0 amide bonds. The molecule has 112 valence electrons. The Kier molecular flexibility index (Phi) is 4.93. The lowest BCUT2D eigenvalue weighted by Crippen LogP contribution is -2.30. The number of hydrogen-bond donors (Lipinski definition) is 2. The SMILES string of the molecule is O=C(O)CSc1ccc(CN2CCN/C2=N\[N+](=O)[O-])cn1. The zero-order valence-electron chi connectivity index (χ0n) is 10.9. The van der Waals surface area contributed by atoms with Crippen LogP contribution in [0.5, 0.6) is 0 Å². The van der Waals surface area contributed by atoms with Gasteiger partial charge in [0.25, 0.3) is 5.96 Å². The van der Waals surface area contributed by atoms with Crippen LogP contribution in [0.1, 0.15) is 5.56 Å². The zero-order chi connectivity index (χ0) is 15.2. The summed E-state index contributed by atoms with van der Waals surface area (Å²) in [6.07, 6.45) is 1.63. The molecule has 0 radical (unpaired) electrons. The van der Waals surface area contributed by atoms with Crippen molar-refractivity contribution < 1.29 is 14.9 Å². The van der Waals surface area contributed by atoms with Crippen molar-refractivity contribution in [2.45, 2.75) is 11.6 Å². The molecule has 1 aliphatic rings. The summed E-state index contributed by atoms with van der Waals surface area (Å²) in [5.41, 5.74) is 0.870. The van der Waals surface area contributed by atoms with Gasteiger partial charge in [0.15, 0.2) is 5.03 Å². The largest absolute Gasteiger partial charge is 0.481 e. The second-order valence-corrected chi connectivity index (χ2v) is 5.19. The Hall–Kier alpha value is -2.36. The van der Waals surface area contributed by atoms with Crippen molar-refractivity contribution in [1.82, 2.24) is 15.2 Å². The first-order chi connectivity index (χ1) is 10.0. The number of carbonyl (C=O) groups is 1. The highest BCUT2D eigenvalue weighted by Gasteiger charge is 2.21. The van der Waals surface area contributed by atoms with Crippen molar-refractivity contribution in [1.29, 1.82) is 0 Å². The molecule has 0 atom stereocenters. The molecular weight excluding hydrogens is 298 g/mol. The maximum absolute atomic E-state index is 10.5. The van der Waals surface area contributed by atoms with Crippen LogP contribution in [-0.4, -0.2) is 50.8 Å². The van der Waals surface area contributed by atoms with Gasteiger partial charge in [-0.05, 0) is 11.6 Å². The van der Waals surface area contributed by atoms with Gasteiger partial charge in [0.1, 0.15) is 5.10 Å². The van der Waals surface area contributed by atoms with E-state index in [0.717, 1.165) is 17.3 Å². The van der Waals surface area contributed by atoms with Crippen LogP contribution in [0.15, 0.2) is 28.5 Å². The fourth-order valence-corrected chi connectivity index (χ4v) is 2.36. The smallest absolute Gasteiger partial charge is 0.313 e. The molecule has 1 aliphatic heterocycles. The summed E-state index contributed by atoms with van der Waals surface area (Å²) in [5, 5.41) is 25.0. The third kappa shape index (κ3) is 4.60. The number of nitrogens with one attached hydrogen (secondary N) is 1. The topological polar surface area (TPSA) is 121 Å². The summed E-state index contributed by atoms with van der Waals surface area (Å²) >= 11 is 1.14. The van der Waals surface area contributed by atoms with E-state index >= 15 is 0 Å². The molecule has 9 nitrogen and oxygen atoms in total. The Morgan fingerprint density at radius 1 is 1.62 bits per heavy atom. The summed E-state index contributed by atoms with van der Waals surface area (Å²) in [4.78, 5) is 26.8. The van der Waals surface area contributed by atoms with Crippen molar-refractivity contribution in [2.75, 3.05) is 18.8 Å². The zero-order valence-corrected chi connectivity index (χ0v) is 11.7. The number of carboxylic acid groups (broad SMARTS) is 1. The van der Waals surface area contributed by atoms with E-state index < -0.39 is 11.0 Å². The highest BCUT2D eigenvalue weighted by Crippen LogP contribution is 2.16. The van der Waals surface area contributed by atoms with Gasteiger partial charge in [-0.15, -0.1) is 0 Å². The highest BCUT2D eigenvalue weighted by molar-refractivity contribution is 7.99. The second-order valence-electron chi connectivity index (χ2n) is 4.20. The van der Waals surface area contributed by atoms with Crippen molar-refractivity contribution in [2.24, 2.45) is 5.10 Å². The van der Waals surface area contributed by atoms with Gasteiger partial charge in [0.05, 0.1) is 10.8 Å². The lowest BCUT2D eigenvalue weighted by atomic mass is 10.3. The molecule has 21 heavy (non-hydrogen) atoms. The number of carboxylic acids is 1. The molecule has 10 heteroatoms. The Morgan fingerprint density at radius 3 is 3.05 bits per heavy atom. The van der Waals surface area contributed by atoms with Crippen molar-refractivity contribution in [3.05, 3.63) is 34.0 Å². The molecule has 2 rings (SSSR count). The maximum Gasteiger partial charge on any atom is 0.313 e. The Balaban J connectivity index is 1.96. The molecule has 0 aliphatic carbocycles. The normalized spacial score (nSPS) is 16.0. The molecule has 2 heterocycles. The highest BCUT2D eigenvalue weighted by atomic mass is 32.2. The predicted octanol–water partition coefficient (Wildman–Crippen LogP) is 0.211. The number of aliphatic carboxylic acids is 1. The molecular formula is C11H13N5O4S.